The van der Waals surface area contributed by atoms with Crippen molar-refractivity contribution in [1.82, 2.24) is 0 Å². The summed E-state index contributed by atoms with van der Waals surface area (Å²) in [6.45, 7) is 12.3. The number of aliphatic hydroxyl groups is 1. The molecule has 0 aromatic heterocycles. The maximum atomic E-state index is 11.6. The van der Waals surface area contributed by atoms with E-state index >= 15 is 0 Å². The van der Waals surface area contributed by atoms with Gasteiger partial charge in [-0.3, -0.25) is 4.79 Å². The fourth-order valence-electron chi connectivity index (χ4n) is 9.37. The molecule has 0 heterocycles. The minimum Gasteiger partial charge on any atom is -0.469 e. The van der Waals surface area contributed by atoms with Gasteiger partial charge in [-0.25, -0.2) is 0 Å². The van der Waals surface area contributed by atoms with Crippen molar-refractivity contribution in [1.29, 1.82) is 0 Å². The van der Waals surface area contributed by atoms with E-state index in [0.29, 0.717) is 23.2 Å². The first-order valence-corrected chi connectivity index (χ1v) is 13.6. The predicted octanol–water partition coefficient (Wildman–Crippen LogP) is 6.93. The van der Waals surface area contributed by atoms with E-state index in [9.17, 15) is 9.90 Å². The van der Waals surface area contributed by atoms with Gasteiger partial charge in [-0.05, 0) is 111 Å². The van der Waals surface area contributed by atoms with Gasteiger partial charge < -0.3 is 9.84 Å². The van der Waals surface area contributed by atoms with E-state index in [-0.39, 0.29) is 5.97 Å². The lowest BCUT2D eigenvalue weighted by Gasteiger charge is -2.60. The van der Waals surface area contributed by atoms with Gasteiger partial charge >= 0.3 is 5.97 Å². The van der Waals surface area contributed by atoms with Crippen LogP contribution >= 0.6 is 0 Å². The molecule has 182 valence electrons. The summed E-state index contributed by atoms with van der Waals surface area (Å²) < 4.78 is 4.85. The number of carbonyl (C=O) groups excluding carboxylic acids is 1. The Bertz CT molecular complexity index is 743. The first-order chi connectivity index (χ1) is 15.1. The predicted molar refractivity (Wildman–Crippen MR) is 130 cm³/mol. The Balaban J connectivity index is 1.52. The normalized spacial score (nSPS) is 46.5. The van der Waals surface area contributed by atoms with E-state index in [1.165, 1.54) is 32.8 Å². The van der Waals surface area contributed by atoms with E-state index in [1.807, 2.05) is 0 Å². The number of allylic oxidation sites excluding steroid dienone is 1. The summed E-state index contributed by atoms with van der Waals surface area (Å²) in [5.74, 6) is 4.58. The second-order valence-electron chi connectivity index (χ2n) is 12.7. The first-order valence-electron chi connectivity index (χ1n) is 13.6. The van der Waals surface area contributed by atoms with Gasteiger partial charge in [-0.15, -0.1) is 0 Å². The third-order valence-electron chi connectivity index (χ3n) is 11.3. The fourth-order valence-corrected chi connectivity index (χ4v) is 9.37. The quantitative estimate of drug-likeness (QED) is 0.357. The number of hydrogen-bond donors (Lipinski definition) is 1. The van der Waals surface area contributed by atoms with E-state index < -0.39 is 5.60 Å². The lowest BCUT2D eigenvalue weighted by Crippen LogP contribution is -2.53. The lowest BCUT2D eigenvalue weighted by atomic mass is 9.45. The molecule has 0 aliphatic heterocycles. The van der Waals surface area contributed by atoms with E-state index in [0.717, 1.165) is 68.1 Å². The minimum atomic E-state index is -0.466. The van der Waals surface area contributed by atoms with Gasteiger partial charge in [0.2, 0.25) is 0 Å². The van der Waals surface area contributed by atoms with Gasteiger partial charge in [-0.2, -0.15) is 0 Å². The number of methoxy groups -OCH3 is 1. The fraction of sp³-hybridized carbons (Fsp3) is 0.897. The molecule has 4 aliphatic carbocycles. The maximum Gasteiger partial charge on any atom is 0.305 e. The van der Waals surface area contributed by atoms with Crippen LogP contribution in [0.5, 0.6) is 0 Å². The molecule has 0 unspecified atom stereocenters. The van der Waals surface area contributed by atoms with Gasteiger partial charge in [0.1, 0.15) is 0 Å². The molecule has 4 aliphatic rings. The molecule has 0 saturated heterocycles. The van der Waals surface area contributed by atoms with Crippen molar-refractivity contribution in [3.8, 4) is 0 Å². The molecule has 0 aromatic rings. The van der Waals surface area contributed by atoms with Crippen LogP contribution in [0.2, 0.25) is 0 Å². The molecule has 3 fully saturated rings. The number of hydrogen-bond acceptors (Lipinski definition) is 3. The van der Waals surface area contributed by atoms with E-state index in [1.54, 1.807) is 5.57 Å². The van der Waals surface area contributed by atoms with Crippen LogP contribution in [0, 0.1) is 46.3 Å². The number of rotatable bonds is 6. The second-order valence-corrected chi connectivity index (χ2v) is 12.7. The molecule has 0 bridgehead atoms. The van der Waals surface area contributed by atoms with E-state index in [2.05, 4.69) is 40.7 Å². The molecule has 9 atom stereocenters. The van der Waals surface area contributed by atoms with Crippen molar-refractivity contribution < 1.29 is 14.6 Å². The van der Waals surface area contributed by atoms with Gasteiger partial charge in [0, 0.05) is 6.42 Å². The van der Waals surface area contributed by atoms with Crippen LogP contribution in [0.25, 0.3) is 0 Å². The number of fused-ring (bicyclic) bond motifs is 5. The monoisotopic (exact) mass is 444 g/mol. The summed E-state index contributed by atoms with van der Waals surface area (Å²) in [5, 5.41) is 11.0. The molecule has 0 amide bonds. The van der Waals surface area contributed by atoms with Crippen LogP contribution in [0.15, 0.2) is 11.6 Å². The average molecular weight is 445 g/mol. The van der Waals surface area contributed by atoms with Crippen molar-refractivity contribution >= 4 is 5.97 Å². The highest BCUT2D eigenvalue weighted by Gasteiger charge is 2.61. The maximum absolute atomic E-state index is 11.6. The van der Waals surface area contributed by atoms with Crippen molar-refractivity contribution in [3.63, 3.8) is 0 Å². The summed E-state index contributed by atoms with van der Waals surface area (Å²) in [4.78, 5) is 11.6. The Morgan fingerprint density at radius 2 is 2.03 bits per heavy atom. The number of esters is 1. The smallest absolute Gasteiger partial charge is 0.305 e. The molecule has 0 aromatic carbocycles. The molecule has 4 rings (SSSR count). The summed E-state index contributed by atoms with van der Waals surface area (Å²) in [6, 6.07) is 0. The van der Waals surface area contributed by atoms with Crippen LogP contribution < -0.4 is 0 Å². The molecular weight excluding hydrogens is 396 g/mol. The summed E-state index contributed by atoms with van der Waals surface area (Å²) in [5.41, 5.74) is 1.85. The topological polar surface area (TPSA) is 46.5 Å². The zero-order chi connectivity index (χ0) is 23.3. The first kappa shape index (κ1) is 24.3. The molecular formula is C29H48O3. The molecule has 1 N–H and O–H groups in total. The largest absolute Gasteiger partial charge is 0.469 e. The molecule has 3 nitrogen and oxygen atoms in total. The van der Waals surface area contributed by atoms with E-state index in [4.69, 9.17) is 4.74 Å². The van der Waals surface area contributed by atoms with Gasteiger partial charge in [0.15, 0.2) is 0 Å². The molecule has 3 heteroatoms. The van der Waals surface area contributed by atoms with Crippen LogP contribution in [-0.2, 0) is 9.53 Å². The van der Waals surface area contributed by atoms with Crippen LogP contribution in [0.1, 0.15) is 105 Å². The van der Waals surface area contributed by atoms with Crippen LogP contribution in [0.4, 0.5) is 0 Å². The van der Waals surface area contributed by atoms with Crippen LogP contribution in [-0.4, -0.2) is 23.8 Å². The Kier molecular flexibility index (Phi) is 6.64. The molecule has 32 heavy (non-hydrogen) atoms. The average Bonchev–Trinajstić information content (AvgIpc) is 3.05. The third kappa shape index (κ3) is 3.89. The lowest BCUT2D eigenvalue weighted by molar-refractivity contribution is -0.140. The second kappa shape index (κ2) is 8.75. The van der Waals surface area contributed by atoms with Crippen molar-refractivity contribution in [2.75, 3.05) is 7.11 Å². The highest BCUT2D eigenvalue weighted by molar-refractivity contribution is 5.68. The zero-order valence-corrected chi connectivity index (χ0v) is 21.6. The van der Waals surface area contributed by atoms with Gasteiger partial charge in [0.25, 0.3) is 0 Å². The summed E-state index contributed by atoms with van der Waals surface area (Å²) >= 11 is 0. The Morgan fingerprint density at radius 1 is 1.28 bits per heavy atom. The Hall–Kier alpha value is -0.830. The number of ether oxygens (including phenoxy) is 1. The molecule has 3 saturated carbocycles. The molecule has 0 radical (unpaired) electrons. The van der Waals surface area contributed by atoms with Gasteiger partial charge in [0.05, 0.1) is 12.7 Å². The standard InChI is InChI=1S/C29H48O3/c1-7-29(31)16-15-27(4)21(18-29)11-12-22-23(27)13-14-28(5)24(17-20(3)26(22)28)19(2)9-8-10-25(30)32-6/h11,19-20,22-24,26,31H,7-10,12-18H2,1-6H3/t19-,20-,22-,23+,24-,26+,27+,28-,29+/m1/s1. The van der Waals surface area contributed by atoms with Gasteiger partial charge in [-0.1, -0.05) is 46.3 Å². The summed E-state index contributed by atoms with van der Waals surface area (Å²) in [6.07, 6.45) is 14.4. The number of carbonyl (C=O) groups is 1. The minimum absolute atomic E-state index is 0.0675. The highest BCUT2D eigenvalue weighted by atomic mass is 16.5. The zero-order valence-electron chi connectivity index (χ0n) is 21.6. The molecule has 0 spiro atoms. The van der Waals surface area contributed by atoms with Crippen molar-refractivity contribution in [2.24, 2.45) is 46.3 Å². The summed E-state index contributed by atoms with van der Waals surface area (Å²) in [7, 11) is 1.49. The van der Waals surface area contributed by atoms with Crippen molar-refractivity contribution in [2.45, 2.75) is 111 Å². The van der Waals surface area contributed by atoms with Crippen molar-refractivity contribution in [3.05, 3.63) is 11.6 Å². The Labute approximate surface area is 196 Å². The SMILES string of the molecule is CC[C@]1(O)CC[C@@]2(C)C(=CC[C@H]3[C@@H]4[C@H](C)C[C@H]([C@H](C)CCCC(=O)OC)[C@@]4(C)CC[C@@H]32)C1. The highest BCUT2D eigenvalue weighted by Crippen LogP contribution is 2.69. The third-order valence-corrected chi connectivity index (χ3v) is 11.3. The Morgan fingerprint density at radius 3 is 2.72 bits per heavy atom. The van der Waals surface area contributed by atoms with Crippen LogP contribution in [0.3, 0.4) is 0 Å².